The van der Waals surface area contributed by atoms with Crippen molar-refractivity contribution in [2.45, 2.75) is 59.0 Å². The van der Waals surface area contributed by atoms with Gasteiger partial charge in [-0.05, 0) is 37.3 Å². The summed E-state index contributed by atoms with van der Waals surface area (Å²) in [5, 5.41) is 0. The molecule has 2 heteroatoms. The molecule has 0 aliphatic carbocycles. The van der Waals surface area contributed by atoms with Gasteiger partial charge in [0.25, 0.3) is 0 Å². The van der Waals surface area contributed by atoms with Crippen LogP contribution in [0.1, 0.15) is 52.7 Å². The zero-order chi connectivity index (χ0) is 14.0. The number of carbonyl (C=O) groups excluding carboxylic acids is 1. The van der Waals surface area contributed by atoms with E-state index in [1.54, 1.807) is 0 Å². The number of rotatable bonds is 2. The third-order valence-electron chi connectivity index (χ3n) is 2.56. The fourth-order valence-electron chi connectivity index (χ4n) is 1.69. The third-order valence-corrected chi connectivity index (χ3v) is 2.56. The van der Waals surface area contributed by atoms with Gasteiger partial charge in [-0.3, -0.25) is 4.79 Å². The van der Waals surface area contributed by atoms with Gasteiger partial charge in [0, 0.05) is 0 Å². The molecule has 1 rings (SSSR count). The van der Waals surface area contributed by atoms with E-state index in [1.165, 1.54) is 5.56 Å². The Morgan fingerprint density at radius 2 is 1.72 bits per heavy atom. The van der Waals surface area contributed by atoms with Gasteiger partial charge in [-0.25, -0.2) is 0 Å². The predicted molar refractivity (Wildman–Crippen MR) is 74.7 cm³/mol. The van der Waals surface area contributed by atoms with Crippen LogP contribution in [-0.4, -0.2) is 11.6 Å². The van der Waals surface area contributed by atoms with Crippen molar-refractivity contribution < 1.29 is 9.53 Å². The second-order valence-electron chi connectivity index (χ2n) is 6.71. The second kappa shape index (κ2) is 5.13. The van der Waals surface area contributed by atoms with Crippen LogP contribution in [0.15, 0.2) is 24.3 Å². The summed E-state index contributed by atoms with van der Waals surface area (Å²) in [6, 6.07) is 8.15. The van der Waals surface area contributed by atoms with Gasteiger partial charge in [0.1, 0.15) is 5.60 Å². The zero-order valence-corrected chi connectivity index (χ0v) is 12.3. The SMILES string of the molecule is CC(C)(C)OC(=O)Cc1cccc(C(C)(C)C)c1. The highest BCUT2D eigenvalue weighted by Gasteiger charge is 2.18. The molecular formula is C16H24O2. The minimum Gasteiger partial charge on any atom is -0.460 e. The molecule has 0 amide bonds. The first kappa shape index (κ1) is 14.7. The molecule has 0 radical (unpaired) electrons. The van der Waals surface area contributed by atoms with Crippen molar-refractivity contribution in [2.75, 3.05) is 0 Å². The third kappa shape index (κ3) is 4.91. The van der Waals surface area contributed by atoms with Crippen molar-refractivity contribution in [2.24, 2.45) is 0 Å². The van der Waals surface area contributed by atoms with E-state index in [0.29, 0.717) is 6.42 Å². The van der Waals surface area contributed by atoms with Crippen LogP contribution in [0.2, 0.25) is 0 Å². The summed E-state index contributed by atoms with van der Waals surface area (Å²) in [5.41, 5.74) is 1.93. The number of benzene rings is 1. The molecule has 0 aliphatic heterocycles. The smallest absolute Gasteiger partial charge is 0.310 e. The van der Waals surface area contributed by atoms with Crippen LogP contribution in [0, 0.1) is 0 Å². The highest BCUT2D eigenvalue weighted by molar-refractivity contribution is 5.73. The lowest BCUT2D eigenvalue weighted by Gasteiger charge is -2.21. The summed E-state index contributed by atoms with van der Waals surface area (Å²) in [6.07, 6.45) is 0.335. The fraction of sp³-hybridized carbons (Fsp3) is 0.562. The van der Waals surface area contributed by atoms with E-state index in [2.05, 4.69) is 32.9 Å². The first-order valence-corrected chi connectivity index (χ1v) is 6.39. The van der Waals surface area contributed by atoms with Crippen molar-refractivity contribution in [1.29, 1.82) is 0 Å². The lowest BCUT2D eigenvalue weighted by atomic mass is 9.86. The topological polar surface area (TPSA) is 26.3 Å². The molecule has 0 atom stereocenters. The Balaban J connectivity index is 2.77. The van der Waals surface area contributed by atoms with E-state index in [9.17, 15) is 4.79 Å². The second-order valence-corrected chi connectivity index (χ2v) is 6.71. The molecule has 0 fully saturated rings. The molecule has 0 unspecified atom stereocenters. The highest BCUT2D eigenvalue weighted by Crippen LogP contribution is 2.23. The first-order chi connectivity index (χ1) is 8.08. The number of ether oxygens (including phenoxy) is 1. The molecule has 1 aromatic carbocycles. The Morgan fingerprint density at radius 1 is 1.11 bits per heavy atom. The largest absolute Gasteiger partial charge is 0.460 e. The molecule has 0 N–H and O–H groups in total. The minimum atomic E-state index is -0.418. The molecule has 18 heavy (non-hydrogen) atoms. The number of carbonyl (C=O) groups is 1. The van der Waals surface area contributed by atoms with Crippen molar-refractivity contribution in [3.05, 3.63) is 35.4 Å². The normalized spacial score (nSPS) is 12.3. The van der Waals surface area contributed by atoms with Gasteiger partial charge in [-0.2, -0.15) is 0 Å². The van der Waals surface area contributed by atoms with E-state index >= 15 is 0 Å². The minimum absolute atomic E-state index is 0.101. The van der Waals surface area contributed by atoms with Gasteiger partial charge in [0.15, 0.2) is 0 Å². The Labute approximate surface area is 110 Å². The molecule has 0 bridgehead atoms. The standard InChI is InChI=1S/C16H24O2/c1-15(2,3)13-9-7-8-12(10-13)11-14(17)18-16(4,5)6/h7-10H,11H2,1-6H3. The molecule has 2 nitrogen and oxygen atoms in total. The molecule has 0 heterocycles. The van der Waals surface area contributed by atoms with Crippen LogP contribution in [0.3, 0.4) is 0 Å². The van der Waals surface area contributed by atoms with E-state index in [0.717, 1.165) is 5.56 Å². The molecular weight excluding hydrogens is 224 g/mol. The van der Waals surface area contributed by atoms with Gasteiger partial charge in [0.05, 0.1) is 6.42 Å². The lowest BCUT2D eigenvalue weighted by Crippen LogP contribution is -2.25. The molecule has 100 valence electrons. The van der Waals surface area contributed by atoms with Gasteiger partial charge < -0.3 is 4.74 Å². The Hall–Kier alpha value is -1.31. The number of hydrogen-bond acceptors (Lipinski definition) is 2. The highest BCUT2D eigenvalue weighted by atomic mass is 16.6. The predicted octanol–water partition coefficient (Wildman–Crippen LogP) is 3.87. The van der Waals surface area contributed by atoms with E-state index < -0.39 is 5.60 Å². The van der Waals surface area contributed by atoms with Gasteiger partial charge in [-0.15, -0.1) is 0 Å². The van der Waals surface area contributed by atoms with Crippen LogP contribution in [0.4, 0.5) is 0 Å². The first-order valence-electron chi connectivity index (χ1n) is 6.39. The summed E-state index contributed by atoms with van der Waals surface area (Å²) in [7, 11) is 0. The lowest BCUT2D eigenvalue weighted by molar-refractivity contribution is -0.153. The quantitative estimate of drug-likeness (QED) is 0.743. The van der Waals surface area contributed by atoms with Crippen LogP contribution in [0.5, 0.6) is 0 Å². The molecule has 0 aliphatic rings. The summed E-state index contributed by atoms with van der Waals surface area (Å²) in [4.78, 5) is 11.8. The molecule has 0 saturated heterocycles. The Morgan fingerprint density at radius 3 is 2.22 bits per heavy atom. The van der Waals surface area contributed by atoms with E-state index in [-0.39, 0.29) is 11.4 Å². The average Bonchev–Trinajstić information content (AvgIpc) is 2.13. The van der Waals surface area contributed by atoms with Crippen molar-refractivity contribution in [1.82, 2.24) is 0 Å². The number of hydrogen-bond donors (Lipinski definition) is 0. The molecule has 0 saturated carbocycles. The van der Waals surface area contributed by atoms with Gasteiger partial charge in [0.2, 0.25) is 0 Å². The van der Waals surface area contributed by atoms with Crippen molar-refractivity contribution in [3.8, 4) is 0 Å². The van der Waals surface area contributed by atoms with Crippen molar-refractivity contribution >= 4 is 5.97 Å². The Bertz CT molecular complexity index is 419. The summed E-state index contributed by atoms with van der Waals surface area (Å²) in [6.45, 7) is 12.2. The maximum atomic E-state index is 11.8. The molecule has 1 aromatic rings. The van der Waals surface area contributed by atoms with Crippen molar-refractivity contribution in [3.63, 3.8) is 0 Å². The fourth-order valence-corrected chi connectivity index (χ4v) is 1.69. The van der Waals surface area contributed by atoms with E-state index in [4.69, 9.17) is 4.74 Å². The summed E-state index contributed by atoms with van der Waals surface area (Å²) in [5.74, 6) is -0.173. The van der Waals surface area contributed by atoms with Crippen LogP contribution in [-0.2, 0) is 21.4 Å². The molecule has 0 aromatic heterocycles. The van der Waals surface area contributed by atoms with Crippen LogP contribution < -0.4 is 0 Å². The zero-order valence-electron chi connectivity index (χ0n) is 12.3. The van der Waals surface area contributed by atoms with E-state index in [1.807, 2.05) is 32.9 Å². The monoisotopic (exact) mass is 248 g/mol. The average molecular weight is 248 g/mol. The van der Waals surface area contributed by atoms with Crippen LogP contribution in [0.25, 0.3) is 0 Å². The molecule has 0 spiro atoms. The Kier molecular flexibility index (Phi) is 4.20. The number of esters is 1. The van der Waals surface area contributed by atoms with Gasteiger partial charge >= 0.3 is 5.97 Å². The van der Waals surface area contributed by atoms with Gasteiger partial charge in [-0.1, -0.05) is 45.0 Å². The maximum absolute atomic E-state index is 11.8. The maximum Gasteiger partial charge on any atom is 0.310 e. The summed E-state index contributed by atoms with van der Waals surface area (Å²) >= 11 is 0. The van der Waals surface area contributed by atoms with Crippen LogP contribution >= 0.6 is 0 Å². The summed E-state index contributed by atoms with van der Waals surface area (Å²) < 4.78 is 5.33.